The number of halogens is 2. The van der Waals surface area contributed by atoms with E-state index in [1.807, 2.05) is 6.92 Å². The van der Waals surface area contributed by atoms with Crippen LogP contribution in [-0.2, 0) is 6.54 Å². The summed E-state index contributed by atoms with van der Waals surface area (Å²) in [7, 11) is 0. The quantitative estimate of drug-likeness (QED) is 0.943. The molecule has 0 fully saturated rings. The molecule has 0 spiro atoms. The fraction of sp³-hybridized carbons (Fsp3) is 0.273. The predicted molar refractivity (Wildman–Crippen MR) is 64.8 cm³/mol. The van der Waals surface area contributed by atoms with Gasteiger partial charge in [-0.3, -0.25) is 0 Å². The van der Waals surface area contributed by atoms with Gasteiger partial charge in [-0.1, -0.05) is 22.9 Å². The monoisotopic (exact) mass is 299 g/mol. The molecule has 0 bridgehead atoms. The third-order valence-corrected chi connectivity index (χ3v) is 2.65. The van der Waals surface area contributed by atoms with E-state index < -0.39 is 0 Å². The molecule has 1 heterocycles. The minimum Gasteiger partial charge on any atom is -0.419 e. The zero-order valence-electron chi connectivity index (χ0n) is 9.20. The van der Waals surface area contributed by atoms with Crippen LogP contribution in [0.2, 0.25) is 0 Å². The molecule has 2 rings (SSSR count). The van der Waals surface area contributed by atoms with Crippen LogP contribution in [-0.4, -0.2) is 16.7 Å². The Labute approximate surface area is 106 Å². The van der Waals surface area contributed by atoms with Gasteiger partial charge in [0.15, 0.2) is 0 Å². The Bertz CT molecular complexity index is 515. The van der Waals surface area contributed by atoms with Gasteiger partial charge in [0.25, 0.3) is 5.89 Å². The topological polar surface area (TPSA) is 51.0 Å². The summed E-state index contributed by atoms with van der Waals surface area (Å²) >= 11 is 3.27. The van der Waals surface area contributed by atoms with Crippen molar-refractivity contribution in [3.63, 3.8) is 0 Å². The molecule has 0 aliphatic heterocycles. The average Bonchev–Trinajstić information content (AvgIpc) is 2.78. The predicted octanol–water partition coefficient (Wildman–Crippen LogP) is 2.75. The maximum absolute atomic E-state index is 13.6. The molecule has 6 heteroatoms. The Hall–Kier alpha value is -1.27. The first-order valence-corrected chi connectivity index (χ1v) is 5.98. The molecule has 0 unspecified atom stereocenters. The van der Waals surface area contributed by atoms with E-state index >= 15 is 0 Å². The zero-order valence-corrected chi connectivity index (χ0v) is 10.8. The molecule has 0 aliphatic carbocycles. The molecule has 0 atom stereocenters. The molecule has 90 valence electrons. The summed E-state index contributed by atoms with van der Waals surface area (Å²) in [6.07, 6.45) is 0. The Balaban J connectivity index is 2.27. The number of hydrogen-bond acceptors (Lipinski definition) is 4. The van der Waals surface area contributed by atoms with Gasteiger partial charge in [-0.05, 0) is 24.7 Å². The van der Waals surface area contributed by atoms with Gasteiger partial charge in [-0.2, -0.15) is 0 Å². The van der Waals surface area contributed by atoms with Gasteiger partial charge >= 0.3 is 0 Å². The zero-order chi connectivity index (χ0) is 12.3. The van der Waals surface area contributed by atoms with Gasteiger partial charge in [0.05, 0.1) is 12.1 Å². The third-order valence-electron chi connectivity index (χ3n) is 2.15. The summed E-state index contributed by atoms with van der Waals surface area (Å²) in [6.45, 7) is 3.27. The number of hydrogen-bond donors (Lipinski definition) is 1. The van der Waals surface area contributed by atoms with Crippen molar-refractivity contribution < 1.29 is 8.81 Å². The lowest BCUT2D eigenvalue weighted by Crippen LogP contribution is -2.11. The molecular formula is C11H11BrFN3O. The summed E-state index contributed by atoms with van der Waals surface area (Å²) < 4.78 is 19.7. The molecule has 17 heavy (non-hydrogen) atoms. The van der Waals surface area contributed by atoms with Crippen molar-refractivity contribution in [2.45, 2.75) is 13.5 Å². The third kappa shape index (κ3) is 2.89. The van der Waals surface area contributed by atoms with E-state index in [0.29, 0.717) is 18.0 Å². The van der Waals surface area contributed by atoms with E-state index in [9.17, 15) is 4.39 Å². The Morgan fingerprint density at radius 3 is 3.00 bits per heavy atom. The van der Waals surface area contributed by atoms with Crippen molar-refractivity contribution in [1.29, 1.82) is 0 Å². The van der Waals surface area contributed by atoms with E-state index in [2.05, 4.69) is 31.4 Å². The number of benzene rings is 1. The second kappa shape index (κ2) is 5.37. The molecule has 0 saturated carbocycles. The van der Waals surface area contributed by atoms with Crippen LogP contribution in [0.3, 0.4) is 0 Å². The fourth-order valence-electron chi connectivity index (χ4n) is 1.33. The van der Waals surface area contributed by atoms with Crippen LogP contribution in [0.25, 0.3) is 11.5 Å². The second-order valence-corrected chi connectivity index (χ2v) is 4.32. The largest absolute Gasteiger partial charge is 0.419 e. The van der Waals surface area contributed by atoms with Gasteiger partial charge in [-0.15, -0.1) is 10.2 Å². The molecular weight excluding hydrogens is 289 g/mol. The Morgan fingerprint density at radius 1 is 1.41 bits per heavy atom. The SMILES string of the molecule is CCNCc1nnc(-c2cc(Br)ccc2F)o1. The molecule has 1 aromatic carbocycles. The highest BCUT2D eigenvalue weighted by atomic mass is 79.9. The molecule has 0 amide bonds. The summed E-state index contributed by atoms with van der Waals surface area (Å²) in [5.74, 6) is 0.254. The van der Waals surface area contributed by atoms with Crippen LogP contribution >= 0.6 is 15.9 Å². The summed E-state index contributed by atoms with van der Waals surface area (Å²) in [6, 6.07) is 4.59. The lowest BCUT2D eigenvalue weighted by Gasteiger charge is -1.98. The molecule has 0 saturated heterocycles. The van der Waals surface area contributed by atoms with Crippen molar-refractivity contribution in [2.75, 3.05) is 6.54 Å². The molecule has 0 aliphatic rings. The van der Waals surface area contributed by atoms with Gasteiger partial charge < -0.3 is 9.73 Å². The van der Waals surface area contributed by atoms with Gasteiger partial charge in [0.2, 0.25) is 5.89 Å². The number of rotatable bonds is 4. The van der Waals surface area contributed by atoms with Crippen LogP contribution in [0.5, 0.6) is 0 Å². The highest BCUT2D eigenvalue weighted by molar-refractivity contribution is 9.10. The highest BCUT2D eigenvalue weighted by Crippen LogP contribution is 2.25. The second-order valence-electron chi connectivity index (χ2n) is 3.41. The van der Waals surface area contributed by atoms with Crippen LogP contribution in [0.1, 0.15) is 12.8 Å². The first-order chi connectivity index (χ1) is 8.20. The van der Waals surface area contributed by atoms with Crippen LogP contribution in [0, 0.1) is 5.82 Å². The fourth-order valence-corrected chi connectivity index (χ4v) is 1.69. The summed E-state index contributed by atoms with van der Waals surface area (Å²) in [5.41, 5.74) is 0.301. The van der Waals surface area contributed by atoms with Gasteiger partial charge in [0.1, 0.15) is 5.82 Å². The molecule has 1 aromatic heterocycles. The molecule has 2 aromatic rings. The maximum atomic E-state index is 13.6. The van der Waals surface area contributed by atoms with Crippen LogP contribution in [0.15, 0.2) is 27.1 Å². The molecule has 0 radical (unpaired) electrons. The van der Waals surface area contributed by atoms with Crippen molar-refractivity contribution in [2.24, 2.45) is 0 Å². The Kier molecular flexibility index (Phi) is 3.86. The van der Waals surface area contributed by atoms with E-state index in [0.717, 1.165) is 11.0 Å². The summed E-state index contributed by atoms with van der Waals surface area (Å²) in [4.78, 5) is 0. The lowest BCUT2D eigenvalue weighted by atomic mass is 10.2. The summed E-state index contributed by atoms with van der Waals surface area (Å²) in [5, 5.41) is 10.7. The lowest BCUT2D eigenvalue weighted by molar-refractivity contribution is 0.479. The van der Waals surface area contributed by atoms with Crippen molar-refractivity contribution in [3.8, 4) is 11.5 Å². The normalized spacial score (nSPS) is 10.8. The molecule has 1 N–H and O–H groups in total. The Morgan fingerprint density at radius 2 is 2.24 bits per heavy atom. The minimum absolute atomic E-state index is 0.191. The smallest absolute Gasteiger partial charge is 0.250 e. The van der Waals surface area contributed by atoms with E-state index in [1.54, 1.807) is 12.1 Å². The molecule has 4 nitrogen and oxygen atoms in total. The van der Waals surface area contributed by atoms with Crippen molar-refractivity contribution in [3.05, 3.63) is 34.4 Å². The first-order valence-electron chi connectivity index (χ1n) is 5.19. The van der Waals surface area contributed by atoms with Gasteiger partial charge in [0, 0.05) is 4.47 Å². The van der Waals surface area contributed by atoms with Crippen LogP contribution < -0.4 is 5.32 Å². The van der Waals surface area contributed by atoms with E-state index in [4.69, 9.17) is 4.42 Å². The maximum Gasteiger partial charge on any atom is 0.250 e. The van der Waals surface area contributed by atoms with Crippen molar-refractivity contribution >= 4 is 15.9 Å². The number of nitrogens with one attached hydrogen (secondary N) is 1. The van der Waals surface area contributed by atoms with Crippen LogP contribution in [0.4, 0.5) is 4.39 Å². The van der Waals surface area contributed by atoms with E-state index in [1.165, 1.54) is 6.07 Å². The number of aromatic nitrogens is 2. The standard InChI is InChI=1S/C11H11BrFN3O/c1-2-14-6-10-15-16-11(17-10)8-5-7(12)3-4-9(8)13/h3-5,14H,2,6H2,1H3. The number of nitrogens with zero attached hydrogens (tertiary/aromatic N) is 2. The average molecular weight is 300 g/mol. The van der Waals surface area contributed by atoms with Crippen molar-refractivity contribution in [1.82, 2.24) is 15.5 Å². The van der Waals surface area contributed by atoms with E-state index in [-0.39, 0.29) is 11.7 Å². The first kappa shape index (κ1) is 12.2. The van der Waals surface area contributed by atoms with Gasteiger partial charge in [-0.25, -0.2) is 4.39 Å². The highest BCUT2D eigenvalue weighted by Gasteiger charge is 2.13. The minimum atomic E-state index is -0.383.